The number of H-pyrrole nitrogens is 1. The number of rotatable bonds is 3. The first-order valence-corrected chi connectivity index (χ1v) is 6.26. The maximum absolute atomic E-state index is 11.5. The van der Waals surface area contributed by atoms with Crippen LogP contribution in [-0.2, 0) is 11.2 Å². The number of aromatic amines is 1. The summed E-state index contributed by atoms with van der Waals surface area (Å²) in [5.41, 5.74) is 6.63. The average molecular weight is 258 g/mol. The topological polar surface area (TPSA) is 71.5 Å². The third kappa shape index (κ3) is 2.28. The standard InChI is InChI=1S/C14H18N4O/c1-7(19)6-12-9(3)8(2)10(4)13(11(12)5)14-15-17-18-16-14/h6H2,1-5H3,(H,15,16,17,18). The third-order valence-electron chi connectivity index (χ3n) is 3.78. The van der Waals surface area contributed by atoms with Gasteiger partial charge in [0.2, 0.25) is 5.82 Å². The Bertz CT molecular complexity index is 630. The van der Waals surface area contributed by atoms with E-state index in [4.69, 9.17) is 0 Å². The Balaban J connectivity index is 2.74. The van der Waals surface area contributed by atoms with Crippen LogP contribution in [0.5, 0.6) is 0 Å². The van der Waals surface area contributed by atoms with Crippen molar-refractivity contribution < 1.29 is 4.79 Å². The van der Waals surface area contributed by atoms with Crippen molar-refractivity contribution in [1.82, 2.24) is 20.6 Å². The van der Waals surface area contributed by atoms with Crippen LogP contribution in [0.1, 0.15) is 34.7 Å². The molecule has 1 aromatic carbocycles. The van der Waals surface area contributed by atoms with Crippen LogP contribution in [-0.4, -0.2) is 26.4 Å². The molecule has 0 aliphatic heterocycles. The van der Waals surface area contributed by atoms with E-state index in [2.05, 4.69) is 41.4 Å². The lowest BCUT2D eigenvalue weighted by Crippen LogP contribution is -2.07. The number of Topliss-reactive ketones (excluding diaryl/α,β-unsaturated/α-hetero) is 1. The van der Waals surface area contributed by atoms with Crippen molar-refractivity contribution in [2.75, 3.05) is 0 Å². The number of hydrogen-bond acceptors (Lipinski definition) is 4. The number of ketones is 1. The van der Waals surface area contributed by atoms with E-state index < -0.39 is 0 Å². The van der Waals surface area contributed by atoms with E-state index in [1.165, 1.54) is 11.1 Å². The monoisotopic (exact) mass is 258 g/mol. The number of hydrogen-bond donors (Lipinski definition) is 1. The summed E-state index contributed by atoms with van der Waals surface area (Å²) < 4.78 is 0. The molecule has 0 unspecified atom stereocenters. The molecule has 0 atom stereocenters. The van der Waals surface area contributed by atoms with Crippen molar-refractivity contribution in [3.8, 4) is 11.4 Å². The van der Waals surface area contributed by atoms with Crippen LogP contribution >= 0.6 is 0 Å². The van der Waals surface area contributed by atoms with E-state index in [0.29, 0.717) is 12.2 Å². The van der Waals surface area contributed by atoms with Gasteiger partial charge in [0.25, 0.3) is 0 Å². The minimum atomic E-state index is 0.161. The lowest BCUT2D eigenvalue weighted by atomic mass is 9.86. The first-order valence-electron chi connectivity index (χ1n) is 6.26. The van der Waals surface area contributed by atoms with Gasteiger partial charge in [0.15, 0.2) is 0 Å². The normalized spacial score (nSPS) is 10.8. The highest BCUT2D eigenvalue weighted by Gasteiger charge is 2.19. The van der Waals surface area contributed by atoms with Gasteiger partial charge in [0.1, 0.15) is 5.78 Å². The molecule has 2 rings (SSSR count). The summed E-state index contributed by atoms with van der Waals surface area (Å²) in [6, 6.07) is 0. The average Bonchev–Trinajstić information content (AvgIpc) is 2.86. The molecular formula is C14H18N4O. The predicted octanol–water partition coefficient (Wildman–Crippen LogP) is 2.23. The van der Waals surface area contributed by atoms with Crippen LogP contribution in [0.2, 0.25) is 0 Å². The van der Waals surface area contributed by atoms with E-state index in [-0.39, 0.29) is 5.78 Å². The highest BCUT2D eigenvalue weighted by molar-refractivity contribution is 5.81. The zero-order valence-corrected chi connectivity index (χ0v) is 12.0. The molecule has 100 valence electrons. The van der Waals surface area contributed by atoms with Gasteiger partial charge in [-0.2, -0.15) is 5.21 Å². The summed E-state index contributed by atoms with van der Waals surface area (Å²) in [5, 5.41) is 14.2. The molecule has 0 aliphatic rings. The molecule has 19 heavy (non-hydrogen) atoms. The predicted molar refractivity (Wildman–Crippen MR) is 72.9 cm³/mol. The smallest absolute Gasteiger partial charge is 0.205 e. The minimum absolute atomic E-state index is 0.161. The van der Waals surface area contributed by atoms with E-state index in [0.717, 1.165) is 22.3 Å². The van der Waals surface area contributed by atoms with Gasteiger partial charge in [-0.1, -0.05) is 0 Å². The molecule has 5 heteroatoms. The third-order valence-corrected chi connectivity index (χ3v) is 3.78. The maximum Gasteiger partial charge on any atom is 0.205 e. The molecule has 1 N–H and O–H groups in total. The van der Waals surface area contributed by atoms with Gasteiger partial charge >= 0.3 is 0 Å². The van der Waals surface area contributed by atoms with Crippen molar-refractivity contribution in [2.45, 2.75) is 41.0 Å². The molecule has 0 aliphatic carbocycles. The van der Waals surface area contributed by atoms with Crippen molar-refractivity contribution >= 4 is 5.78 Å². The molecule has 0 spiro atoms. The Morgan fingerprint density at radius 3 is 2.26 bits per heavy atom. The number of nitrogens with one attached hydrogen (secondary N) is 1. The molecule has 1 aromatic heterocycles. The Kier molecular flexibility index (Phi) is 3.46. The zero-order valence-electron chi connectivity index (χ0n) is 12.0. The fourth-order valence-electron chi connectivity index (χ4n) is 2.53. The zero-order chi connectivity index (χ0) is 14.2. The first kappa shape index (κ1) is 13.4. The highest BCUT2D eigenvalue weighted by atomic mass is 16.1. The summed E-state index contributed by atoms with van der Waals surface area (Å²) in [7, 11) is 0. The van der Waals surface area contributed by atoms with Gasteiger partial charge in [0.05, 0.1) is 0 Å². The Labute approximate surface area is 112 Å². The molecular weight excluding hydrogens is 240 g/mol. The molecule has 5 nitrogen and oxygen atoms in total. The molecule has 2 aromatic rings. The number of carbonyl (C=O) groups excluding carboxylic acids is 1. The summed E-state index contributed by atoms with van der Waals surface area (Å²) in [6.45, 7) is 9.81. The Morgan fingerprint density at radius 1 is 1.05 bits per heavy atom. The van der Waals surface area contributed by atoms with Crippen LogP contribution in [0.25, 0.3) is 11.4 Å². The number of tetrazole rings is 1. The van der Waals surface area contributed by atoms with Gasteiger partial charge in [-0.15, -0.1) is 10.2 Å². The van der Waals surface area contributed by atoms with Crippen molar-refractivity contribution in [3.05, 3.63) is 27.8 Å². The molecule has 0 saturated heterocycles. The summed E-state index contributed by atoms with van der Waals surface area (Å²) in [6.07, 6.45) is 0.448. The van der Waals surface area contributed by atoms with Gasteiger partial charge in [0, 0.05) is 12.0 Å². The van der Waals surface area contributed by atoms with Crippen LogP contribution in [0.4, 0.5) is 0 Å². The number of aromatic nitrogens is 4. The van der Waals surface area contributed by atoms with Crippen LogP contribution < -0.4 is 0 Å². The molecule has 0 fully saturated rings. The molecule has 1 heterocycles. The van der Waals surface area contributed by atoms with Gasteiger partial charge in [-0.25, -0.2) is 0 Å². The van der Waals surface area contributed by atoms with Gasteiger partial charge in [-0.3, -0.25) is 4.79 Å². The van der Waals surface area contributed by atoms with Gasteiger partial charge in [-0.05, 0) is 67.6 Å². The summed E-state index contributed by atoms with van der Waals surface area (Å²) >= 11 is 0. The molecule has 0 radical (unpaired) electrons. The molecule has 0 saturated carbocycles. The largest absolute Gasteiger partial charge is 0.300 e. The fourth-order valence-corrected chi connectivity index (χ4v) is 2.53. The lowest BCUT2D eigenvalue weighted by Gasteiger charge is -2.18. The lowest BCUT2D eigenvalue weighted by molar-refractivity contribution is -0.116. The quantitative estimate of drug-likeness (QED) is 0.916. The van der Waals surface area contributed by atoms with Crippen LogP contribution in [0, 0.1) is 27.7 Å². The second-order valence-electron chi connectivity index (χ2n) is 4.97. The minimum Gasteiger partial charge on any atom is -0.300 e. The number of benzene rings is 1. The second kappa shape index (κ2) is 4.91. The fraction of sp³-hybridized carbons (Fsp3) is 0.429. The maximum atomic E-state index is 11.5. The van der Waals surface area contributed by atoms with Gasteiger partial charge < -0.3 is 0 Å². The Hall–Kier alpha value is -2.04. The van der Waals surface area contributed by atoms with E-state index in [1.54, 1.807) is 6.92 Å². The second-order valence-corrected chi connectivity index (χ2v) is 4.97. The van der Waals surface area contributed by atoms with Crippen molar-refractivity contribution in [1.29, 1.82) is 0 Å². The highest BCUT2D eigenvalue weighted by Crippen LogP contribution is 2.32. The van der Waals surface area contributed by atoms with Crippen LogP contribution in [0.15, 0.2) is 0 Å². The molecule has 0 bridgehead atoms. The van der Waals surface area contributed by atoms with E-state index in [9.17, 15) is 4.79 Å². The molecule has 0 amide bonds. The van der Waals surface area contributed by atoms with E-state index >= 15 is 0 Å². The van der Waals surface area contributed by atoms with E-state index in [1.807, 2.05) is 6.92 Å². The number of carbonyl (C=O) groups is 1. The van der Waals surface area contributed by atoms with Crippen molar-refractivity contribution in [2.24, 2.45) is 0 Å². The SMILES string of the molecule is CC(=O)Cc1c(C)c(C)c(C)c(-c2nn[nH]n2)c1C. The first-order chi connectivity index (χ1) is 8.93. The van der Waals surface area contributed by atoms with Crippen LogP contribution in [0.3, 0.4) is 0 Å². The summed E-state index contributed by atoms with van der Waals surface area (Å²) in [5.74, 6) is 0.747. The van der Waals surface area contributed by atoms with Crippen molar-refractivity contribution in [3.63, 3.8) is 0 Å². The summed E-state index contributed by atoms with van der Waals surface area (Å²) in [4.78, 5) is 11.5. The number of nitrogens with zero attached hydrogens (tertiary/aromatic N) is 3. The Morgan fingerprint density at radius 2 is 1.74 bits per heavy atom.